The second kappa shape index (κ2) is 9.27. The van der Waals surface area contributed by atoms with Crippen LogP contribution in [0.4, 0.5) is 0 Å². The van der Waals surface area contributed by atoms with E-state index in [-0.39, 0.29) is 5.92 Å². The van der Waals surface area contributed by atoms with Crippen LogP contribution in [0.15, 0.2) is 30.3 Å². The maximum Gasteiger partial charge on any atom is 0.306 e. The van der Waals surface area contributed by atoms with Crippen LogP contribution in [0.2, 0.25) is 5.02 Å². The van der Waals surface area contributed by atoms with Gasteiger partial charge in [-0.25, -0.2) is 0 Å². The molecule has 2 aromatic carbocycles. The van der Waals surface area contributed by atoms with Crippen LogP contribution in [-0.4, -0.2) is 18.2 Å². The highest BCUT2D eigenvalue weighted by Crippen LogP contribution is 2.39. The molecule has 0 aliphatic carbocycles. The minimum atomic E-state index is -0.774. The monoisotopic (exact) mass is 388 g/mol. The zero-order valence-electron chi connectivity index (χ0n) is 16.8. The fourth-order valence-electron chi connectivity index (χ4n) is 3.77. The molecule has 2 atom stereocenters. The van der Waals surface area contributed by atoms with Crippen molar-refractivity contribution in [1.82, 2.24) is 0 Å². The van der Waals surface area contributed by atoms with Gasteiger partial charge in [0.1, 0.15) is 5.75 Å². The van der Waals surface area contributed by atoms with Gasteiger partial charge in [-0.3, -0.25) is 4.79 Å². The first-order valence-electron chi connectivity index (χ1n) is 9.44. The molecule has 0 aliphatic rings. The second-order valence-electron chi connectivity index (χ2n) is 7.30. The number of hydrogen-bond acceptors (Lipinski definition) is 2. The van der Waals surface area contributed by atoms with Crippen LogP contribution < -0.4 is 4.74 Å². The maximum atomic E-state index is 11.6. The Labute approximate surface area is 167 Å². The molecule has 146 valence electrons. The molecule has 3 nitrogen and oxygen atoms in total. The minimum Gasteiger partial charge on any atom is -0.497 e. The Bertz CT molecular complexity index is 814. The van der Waals surface area contributed by atoms with Gasteiger partial charge < -0.3 is 9.84 Å². The lowest BCUT2D eigenvalue weighted by atomic mass is 9.78. The standard InChI is InChI=1S/C23H29ClO3/c1-6-7-17-12-18(24)10-15(3)22(17)21(11-16(4)23(25)26)20-13-19(27-5)9-8-14(20)2/h8-10,12-13,16,21H,6-7,11H2,1-5H3,(H,25,26). The van der Waals surface area contributed by atoms with Crippen molar-refractivity contribution in [3.63, 3.8) is 0 Å². The molecular formula is C23H29ClO3. The lowest BCUT2D eigenvalue weighted by molar-refractivity contribution is -0.141. The van der Waals surface area contributed by atoms with Crippen molar-refractivity contribution in [2.75, 3.05) is 7.11 Å². The van der Waals surface area contributed by atoms with Gasteiger partial charge in [0.15, 0.2) is 0 Å². The van der Waals surface area contributed by atoms with Crippen LogP contribution in [-0.2, 0) is 11.2 Å². The molecule has 2 rings (SSSR count). The smallest absolute Gasteiger partial charge is 0.306 e. The first-order valence-corrected chi connectivity index (χ1v) is 9.82. The molecule has 0 amide bonds. The highest BCUT2D eigenvalue weighted by molar-refractivity contribution is 6.30. The van der Waals surface area contributed by atoms with E-state index in [0.717, 1.165) is 40.3 Å². The predicted molar refractivity (Wildman–Crippen MR) is 111 cm³/mol. The molecule has 0 spiro atoms. The molecule has 0 radical (unpaired) electrons. The summed E-state index contributed by atoms with van der Waals surface area (Å²) in [5.41, 5.74) is 5.76. The normalized spacial score (nSPS) is 13.3. The van der Waals surface area contributed by atoms with Crippen LogP contribution in [0.1, 0.15) is 60.4 Å². The highest BCUT2D eigenvalue weighted by atomic mass is 35.5. The summed E-state index contributed by atoms with van der Waals surface area (Å²) in [4.78, 5) is 11.6. The van der Waals surface area contributed by atoms with E-state index in [9.17, 15) is 9.90 Å². The van der Waals surface area contributed by atoms with Crippen LogP contribution in [0, 0.1) is 19.8 Å². The van der Waals surface area contributed by atoms with Crippen LogP contribution in [0.5, 0.6) is 5.75 Å². The van der Waals surface area contributed by atoms with Gasteiger partial charge in [0.2, 0.25) is 0 Å². The number of aliphatic carboxylic acids is 1. The van der Waals surface area contributed by atoms with Gasteiger partial charge in [-0.1, -0.05) is 37.9 Å². The van der Waals surface area contributed by atoms with Crippen molar-refractivity contribution < 1.29 is 14.6 Å². The summed E-state index contributed by atoms with van der Waals surface area (Å²) in [7, 11) is 1.65. The first kappa shape index (κ1) is 21.3. The van der Waals surface area contributed by atoms with Gasteiger partial charge in [-0.15, -0.1) is 0 Å². The molecule has 0 aliphatic heterocycles. The van der Waals surface area contributed by atoms with Crippen molar-refractivity contribution >= 4 is 17.6 Å². The predicted octanol–water partition coefficient (Wildman–Crippen LogP) is 6.16. The Balaban J connectivity index is 2.69. The molecule has 0 aromatic heterocycles. The number of benzene rings is 2. The number of halogens is 1. The third kappa shape index (κ3) is 5.04. The van der Waals surface area contributed by atoms with Gasteiger partial charge in [-0.05, 0) is 78.8 Å². The van der Waals surface area contributed by atoms with Crippen LogP contribution in [0.25, 0.3) is 0 Å². The summed E-state index contributed by atoms with van der Waals surface area (Å²) in [6, 6.07) is 10.0. The van der Waals surface area contributed by atoms with E-state index in [1.807, 2.05) is 30.3 Å². The van der Waals surface area contributed by atoms with Crippen molar-refractivity contribution in [3.8, 4) is 5.75 Å². The molecule has 0 saturated carbocycles. The summed E-state index contributed by atoms with van der Waals surface area (Å²) in [6.07, 6.45) is 2.45. The number of ether oxygens (including phenoxy) is 1. The lowest BCUT2D eigenvalue weighted by Crippen LogP contribution is -2.17. The third-order valence-electron chi connectivity index (χ3n) is 5.18. The summed E-state index contributed by atoms with van der Waals surface area (Å²) in [6.45, 7) is 8.05. The molecule has 1 N–H and O–H groups in total. The maximum absolute atomic E-state index is 11.6. The Morgan fingerprint density at radius 2 is 1.89 bits per heavy atom. The second-order valence-corrected chi connectivity index (χ2v) is 7.73. The molecule has 0 heterocycles. The van der Waals surface area contributed by atoms with E-state index in [4.69, 9.17) is 16.3 Å². The minimum absolute atomic E-state index is 0.0231. The average molecular weight is 389 g/mol. The van der Waals surface area contributed by atoms with E-state index in [1.165, 1.54) is 11.1 Å². The van der Waals surface area contributed by atoms with E-state index in [2.05, 4.69) is 20.8 Å². The van der Waals surface area contributed by atoms with Crippen molar-refractivity contribution in [3.05, 3.63) is 63.2 Å². The van der Waals surface area contributed by atoms with Gasteiger partial charge in [-0.2, -0.15) is 0 Å². The quantitative estimate of drug-likeness (QED) is 0.588. The zero-order chi connectivity index (χ0) is 20.1. The molecule has 27 heavy (non-hydrogen) atoms. The molecule has 0 bridgehead atoms. The van der Waals surface area contributed by atoms with E-state index in [1.54, 1.807) is 14.0 Å². The highest BCUT2D eigenvalue weighted by Gasteiger charge is 2.26. The number of carboxylic acid groups (broad SMARTS) is 1. The Hall–Kier alpha value is -2.00. The molecule has 2 unspecified atom stereocenters. The Morgan fingerprint density at radius 3 is 2.48 bits per heavy atom. The summed E-state index contributed by atoms with van der Waals surface area (Å²) >= 11 is 6.33. The largest absolute Gasteiger partial charge is 0.497 e. The molecule has 0 saturated heterocycles. The summed E-state index contributed by atoms with van der Waals surface area (Å²) in [5, 5.41) is 10.3. The van der Waals surface area contributed by atoms with Gasteiger partial charge in [0.05, 0.1) is 13.0 Å². The van der Waals surface area contributed by atoms with Gasteiger partial charge in [0, 0.05) is 10.9 Å². The number of carbonyl (C=O) groups is 1. The SMILES string of the molecule is CCCc1cc(Cl)cc(C)c1C(CC(C)C(=O)O)c1cc(OC)ccc1C. The molecular weight excluding hydrogens is 360 g/mol. The van der Waals surface area contributed by atoms with Crippen LogP contribution >= 0.6 is 11.6 Å². The summed E-state index contributed by atoms with van der Waals surface area (Å²) in [5.74, 6) is -0.466. The average Bonchev–Trinajstić information content (AvgIpc) is 2.60. The van der Waals surface area contributed by atoms with Gasteiger partial charge >= 0.3 is 5.97 Å². The Morgan fingerprint density at radius 1 is 1.19 bits per heavy atom. The molecule has 2 aromatic rings. The zero-order valence-corrected chi connectivity index (χ0v) is 17.6. The number of methoxy groups -OCH3 is 1. The topological polar surface area (TPSA) is 46.5 Å². The number of rotatable bonds is 8. The van der Waals surface area contributed by atoms with Crippen molar-refractivity contribution in [2.24, 2.45) is 5.92 Å². The number of aryl methyl sites for hydroxylation is 3. The van der Waals surface area contributed by atoms with Crippen LogP contribution in [0.3, 0.4) is 0 Å². The Kier molecular flexibility index (Phi) is 7.32. The first-order chi connectivity index (χ1) is 12.8. The van der Waals surface area contributed by atoms with Crippen molar-refractivity contribution in [1.29, 1.82) is 0 Å². The summed E-state index contributed by atoms with van der Waals surface area (Å²) < 4.78 is 5.44. The van der Waals surface area contributed by atoms with E-state index < -0.39 is 11.9 Å². The van der Waals surface area contributed by atoms with E-state index in [0.29, 0.717) is 6.42 Å². The van der Waals surface area contributed by atoms with Crippen molar-refractivity contribution in [2.45, 2.75) is 52.9 Å². The fraction of sp³-hybridized carbons (Fsp3) is 0.435. The molecule has 4 heteroatoms. The number of hydrogen-bond donors (Lipinski definition) is 1. The lowest BCUT2D eigenvalue weighted by Gasteiger charge is -2.27. The number of carboxylic acids is 1. The van der Waals surface area contributed by atoms with Gasteiger partial charge in [0.25, 0.3) is 0 Å². The van der Waals surface area contributed by atoms with E-state index >= 15 is 0 Å². The molecule has 0 fully saturated rings. The third-order valence-corrected chi connectivity index (χ3v) is 5.40. The fourth-order valence-corrected chi connectivity index (χ4v) is 4.07.